The van der Waals surface area contributed by atoms with E-state index < -0.39 is 12.0 Å². The molecule has 1 saturated heterocycles. The molecule has 0 spiro atoms. The van der Waals surface area contributed by atoms with Gasteiger partial charge in [0.25, 0.3) is 0 Å². The molecule has 1 N–H and O–H groups in total. The molecule has 2 rings (SSSR count). The number of carboxylic acids is 1. The molecule has 0 bridgehead atoms. The number of likely N-dealkylation sites (tertiary alicyclic amines) is 1. The number of carboxylic acid groups (broad SMARTS) is 1. The number of nitrogens with zero attached hydrogens (tertiary/aromatic N) is 2. The van der Waals surface area contributed by atoms with Crippen molar-refractivity contribution in [2.75, 3.05) is 13.1 Å². The Hall–Kier alpha value is -0.460. The van der Waals surface area contributed by atoms with E-state index in [0.717, 1.165) is 34.9 Å². The number of pyridine rings is 1. The van der Waals surface area contributed by atoms with Crippen LogP contribution in [0.1, 0.15) is 24.6 Å². The lowest BCUT2D eigenvalue weighted by Gasteiger charge is -2.23. The van der Waals surface area contributed by atoms with Crippen LogP contribution >= 0.6 is 31.9 Å². The Morgan fingerprint density at radius 2 is 2.06 bits per heavy atom. The molecule has 1 unspecified atom stereocenters. The third-order valence-corrected chi connectivity index (χ3v) is 3.90. The highest BCUT2D eigenvalue weighted by Crippen LogP contribution is 2.30. The van der Waals surface area contributed by atoms with Gasteiger partial charge in [-0.1, -0.05) is 0 Å². The van der Waals surface area contributed by atoms with Crippen molar-refractivity contribution in [1.82, 2.24) is 9.88 Å². The molecular formula is C11H12Br2N2O2. The zero-order valence-corrected chi connectivity index (χ0v) is 12.2. The first-order chi connectivity index (χ1) is 8.09. The fourth-order valence-electron chi connectivity index (χ4n) is 2.07. The summed E-state index contributed by atoms with van der Waals surface area (Å²) in [4.78, 5) is 17.6. The summed E-state index contributed by atoms with van der Waals surface area (Å²) in [5, 5.41) is 9.37. The summed E-state index contributed by atoms with van der Waals surface area (Å²) < 4.78 is 1.56. The van der Waals surface area contributed by atoms with Gasteiger partial charge in [-0.25, -0.2) is 0 Å². The molecule has 17 heavy (non-hydrogen) atoms. The van der Waals surface area contributed by atoms with E-state index in [2.05, 4.69) is 36.8 Å². The lowest BCUT2D eigenvalue weighted by atomic mass is 10.1. The van der Waals surface area contributed by atoms with Gasteiger partial charge < -0.3 is 5.11 Å². The van der Waals surface area contributed by atoms with Crippen molar-refractivity contribution in [3.05, 3.63) is 26.9 Å². The normalized spacial score (nSPS) is 18.2. The van der Waals surface area contributed by atoms with Gasteiger partial charge in [0, 0.05) is 15.1 Å². The van der Waals surface area contributed by atoms with Crippen LogP contribution in [0.4, 0.5) is 0 Å². The van der Waals surface area contributed by atoms with Crippen LogP contribution in [0.15, 0.2) is 21.2 Å². The van der Waals surface area contributed by atoms with E-state index in [1.807, 2.05) is 11.0 Å². The summed E-state index contributed by atoms with van der Waals surface area (Å²) in [7, 11) is 0. The van der Waals surface area contributed by atoms with Gasteiger partial charge in [0.15, 0.2) is 6.04 Å². The number of hydrogen-bond acceptors (Lipinski definition) is 3. The van der Waals surface area contributed by atoms with E-state index in [0.29, 0.717) is 5.69 Å². The van der Waals surface area contributed by atoms with Crippen LogP contribution in [-0.4, -0.2) is 34.0 Å². The maximum atomic E-state index is 11.4. The van der Waals surface area contributed by atoms with Crippen molar-refractivity contribution >= 4 is 37.8 Å². The Morgan fingerprint density at radius 3 is 2.59 bits per heavy atom. The van der Waals surface area contributed by atoms with Gasteiger partial charge >= 0.3 is 5.97 Å². The van der Waals surface area contributed by atoms with Crippen LogP contribution in [0.5, 0.6) is 0 Å². The molecule has 1 aliphatic heterocycles. The maximum Gasteiger partial charge on any atom is 0.327 e. The minimum Gasteiger partial charge on any atom is -0.480 e. The third kappa shape index (κ3) is 2.86. The first kappa shape index (κ1) is 13.0. The summed E-state index contributed by atoms with van der Waals surface area (Å²) in [5.41, 5.74) is 0.572. The summed E-state index contributed by atoms with van der Waals surface area (Å²) in [5.74, 6) is -0.845. The van der Waals surface area contributed by atoms with Crippen molar-refractivity contribution in [1.29, 1.82) is 0 Å². The van der Waals surface area contributed by atoms with Gasteiger partial charge in [-0.3, -0.25) is 14.7 Å². The van der Waals surface area contributed by atoms with E-state index in [1.165, 1.54) is 0 Å². The summed E-state index contributed by atoms with van der Waals surface area (Å²) in [6.45, 7) is 1.64. The van der Waals surface area contributed by atoms with E-state index in [4.69, 9.17) is 0 Å². The predicted octanol–water partition coefficient (Wildman–Crippen LogP) is 2.83. The van der Waals surface area contributed by atoms with E-state index in [-0.39, 0.29) is 0 Å². The lowest BCUT2D eigenvalue weighted by molar-refractivity contribution is -0.143. The summed E-state index contributed by atoms with van der Waals surface area (Å²) in [6.07, 6.45) is 3.74. The van der Waals surface area contributed by atoms with Crippen molar-refractivity contribution in [2.24, 2.45) is 0 Å². The molecule has 1 aromatic heterocycles. The quantitative estimate of drug-likeness (QED) is 0.897. The SMILES string of the molecule is O=C(O)C(c1ncc(Br)cc1Br)N1CCCC1. The molecule has 1 aliphatic rings. The average Bonchev–Trinajstić information content (AvgIpc) is 2.74. The van der Waals surface area contributed by atoms with Gasteiger partial charge in [0.05, 0.1) is 5.69 Å². The van der Waals surface area contributed by atoms with Crippen LogP contribution in [0, 0.1) is 0 Å². The van der Waals surface area contributed by atoms with Crippen molar-refractivity contribution < 1.29 is 9.90 Å². The number of aliphatic carboxylic acids is 1. The van der Waals surface area contributed by atoms with Crippen LogP contribution in [0.2, 0.25) is 0 Å². The molecular weight excluding hydrogens is 352 g/mol. The first-order valence-electron chi connectivity index (χ1n) is 5.37. The van der Waals surface area contributed by atoms with Crippen molar-refractivity contribution in [3.63, 3.8) is 0 Å². The first-order valence-corrected chi connectivity index (χ1v) is 6.96. The number of carbonyl (C=O) groups is 1. The second kappa shape index (κ2) is 5.46. The molecule has 0 aromatic carbocycles. The van der Waals surface area contributed by atoms with Gasteiger partial charge in [0.1, 0.15) is 0 Å². The van der Waals surface area contributed by atoms with E-state index >= 15 is 0 Å². The van der Waals surface area contributed by atoms with Crippen LogP contribution in [0.3, 0.4) is 0 Å². The number of rotatable bonds is 3. The van der Waals surface area contributed by atoms with Crippen molar-refractivity contribution in [2.45, 2.75) is 18.9 Å². The minimum atomic E-state index is -0.845. The third-order valence-electron chi connectivity index (χ3n) is 2.83. The number of halogens is 2. The molecule has 1 aromatic rings. The van der Waals surface area contributed by atoms with Crippen LogP contribution < -0.4 is 0 Å². The van der Waals surface area contributed by atoms with Crippen LogP contribution in [0.25, 0.3) is 0 Å². The molecule has 4 nitrogen and oxygen atoms in total. The Bertz CT molecular complexity index is 433. The van der Waals surface area contributed by atoms with E-state index in [1.54, 1.807) is 6.20 Å². The molecule has 1 atom stereocenters. The maximum absolute atomic E-state index is 11.4. The smallest absolute Gasteiger partial charge is 0.327 e. The summed E-state index contributed by atoms with van der Waals surface area (Å²) in [6, 6.07) is 1.17. The van der Waals surface area contributed by atoms with Gasteiger partial charge in [-0.05, 0) is 63.9 Å². The average molecular weight is 364 g/mol. The molecule has 2 heterocycles. The van der Waals surface area contributed by atoms with Crippen molar-refractivity contribution in [3.8, 4) is 0 Å². The molecule has 92 valence electrons. The predicted molar refractivity (Wildman–Crippen MR) is 70.8 cm³/mol. The largest absolute Gasteiger partial charge is 0.480 e. The molecule has 0 radical (unpaired) electrons. The fourth-order valence-corrected chi connectivity index (χ4v) is 3.28. The zero-order chi connectivity index (χ0) is 12.4. The second-order valence-corrected chi connectivity index (χ2v) is 5.77. The molecule has 0 aliphatic carbocycles. The monoisotopic (exact) mass is 362 g/mol. The topological polar surface area (TPSA) is 53.4 Å². The van der Waals surface area contributed by atoms with E-state index in [9.17, 15) is 9.90 Å². The highest BCUT2D eigenvalue weighted by Gasteiger charge is 2.32. The Balaban J connectivity index is 2.35. The fraction of sp³-hybridized carbons (Fsp3) is 0.455. The Morgan fingerprint density at radius 1 is 1.41 bits per heavy atom. The number of aromatic nitrogens is 1. The zero-order valence-electron chi connectivity index (χ0n) is 9.07. The highest BCUT2D eigenvalue weighted by molar-refractivity contribution is 9.11. The van der Waals surface area contributed by atoms with Gasteiger partial charge in [-0.2, -0.15) is 0 Å². The van der Waals surface area contributed by atoms with Crippen LogP contribution in [-0.2, 0) is 4.79 Å². The Kier molecular flexibility index (Phi) is 4.17. The number of hydrogen-bond donors (Lipinski definition) is 1. The standard InChI is InChI=1S/C11H12Br2N2O2/c12-7-5-8(13)9(14-6-7)10(11(16)17)15-3-1-2-4-15/h5-6,10H,1-4H2,(H,16,17). The second-order valence-electron chi connectivity index (χ2n) is 4.00. The molecule has 0 saturated carbocycles. The lowest BCUT2D eigenvalue weighted by Crippen LogP contribution is -2.32. The Labute approximate surface area is 116 Å². The highest BCUT2D eigenvalue weighted by atomic mass is 79.9. The molecule has 1 fully saturated rings. The van der Waals surface area contributed by atoms with Gasteiger partial charge in [0.2, 0.25) is 0 Å². The molecule has 0 amide bonds. The minimum absolute atomic E-state index is 0.572. The molecule has 6 heteroatoms. The van der Waals surface area contributed by atoms with Gasteiger partial charge in [-0.15, -0.1) is 0 Å². The summed E-state index contributed by atoms with van der Waals surface area (Å²) >= 11 is 6.69.